The Hall–Kier alpha value is -2.32. The SMILES string of the molecule is Oc1cc(O)cc(CCc2ccc(O[C@H]3OC[C@@H](O)[C@H](O)[C@H]3O)cc2)c1. The highest BCUT2D eigenvalue weighted by molar-refractivity contribution is 5.37. The summed E-state index contributed by atoms with van der Waals surface area (Å²) >= 11 is 0. The first-order chi connectivity index (χ1) is 12.4. The molecule has 7 heteroatoms. The molecule has 5 N–H and O–H groups in total. The van der Waals surface area contributed by atoms with Crippen molar-refractivity contribution in [2.75, 3.05) is 6.61 Å². The molecule has 0 aliphatic carbocycles. The van der Waals surface area contributed by atoms with Crippen LogP contribution in [0.3, 0.4) is 0 Å². The van der Waals surface area contributed by atoms with Crippen LogP contribution in [0.4, 0.5) is 0 Å². The van der Waals surface area contributed by atoms with Crippen molar-refractivity contribution in [1.29, 1.82) is 0 Å². The molecule has 0 amide bonds. The van der Waals surface area contributed by atoms with Crippen molar-refractivity contribution in [3.05, 3.63) is 53.6 Å². The monoisotopic (exact) mass is 362 g/mol. The molecule has 1 heterocycles. The number of hydrogen-bond donors (Lipinski definition) is 5. The molecule has 0 radical (unpaired) electrons. The number of aryl methyl sites for hydroxylation is 2. The van der Waals surface area contributed by atoms with E-state index in [1.807, 2.05) is 12.1 Å². The summed E-state index contributed by atoms with van der Waals surface area (Å²) in [5.74, 6) is 0.528. The summed E-state index contributed by atoms with van der Waals surface area (Å²) in [5, 5.41) is 48.0. The van der Waals surface area contributed by atoms with Crippen LogP contribution in [0.25, 0.3) is 0 Å². The third kappa shape index (κ3) is 4.44. The van der Waals surface area contributed by atoms with Gasteiger partial charge < -0.3 is 35.0 Å². The normalized spacial score (nSPS) is 25.8. The zero-order valence-electron chi connectivity index (χ0n) is 14.0. The first kappa shape index (κ1) is 18.5. The molecule has 2 aromatic rings. The van der Waals surface area contributed by atoms with Gasteiger partial charge in [-0.3, -0.25) is 0 Å². The van der Waals surface area contributed by atoms with Gasteiger partial charge >= 0.3 is 0 Å². The minimum atomic E-state index is -1.34. The van der Waals surface area contributed by atoms with Gasteiger partial charge in [-0.1, -0.05) is 12.1 Å². The van der Waals surface area contributed by atoms with E-state index >= 15 is 0 Å². The second kappa shape index (κ2) is 7.92. The van der Waals surface area contributed by atoms with Crippen molar-refractivity contribution in [1.82, 2.24) is 0 Å². The fraction of sp³-hybridized carbons (Fsp3) is 0.368. The topological polar surface area (TPSA) is 120 Å². The van der Waals surface area contributed by atoms with Gasteiger partial charge in [0.15, 0.2) is 0 Å². The Bertz CT molecular complexity index is 711. The van der Waals surface area contributed by atoms with E-state index in [-0.39, 0.29) is 18.1 Å². The van der Waals surface area contributed by atoms with Crippen molar-refractivity contribution in [3.8, 4) is 17.2 Å². The number of rotatable bonds is 5. The number of phenolic OH excluding ortho intramolecular Hbond substituents is 2. The van der Waals surface area contributed by atoms with E-state index in [1.165, 1.54) is 6.07 Å². The fourth-order valence-electron chi connectivity index (χ4n) is 2.84. The molecular formula is C19H22O7. The van der Waals surface area contributed by atoms with Crippen molar-refractivity contribution < 1.29 is 35.0 Å². The number of ether oxygens (including phenoxy) is 2. The van der Waals surface area contributed by atoms with Crippen molar-refractivity contribution in [2.24, 2.45) is 0 Å². The maximum atomic E-state index is 9.88. The summed E-state index contributed by atoms with van der Waals surface area (Å²) in [6.07, 6.45) is -3.48. The molecule has 2 aromatic carbocycles. The molecule has 0 saturated carbocycles. The van der Waals surface area contributed by atoms with Gasteiger partial charge in [0.05, 0.1) is 6.61 Å². The molecule has 1 aliphatic rings. The lowest BCUT2D eigenvalue weighted by molar-refractivity contribution is -0.242. The van der Waals surface area contributed by atoms with Gasteiger partial charge in [-0.25, -0.2) is 0 Å². The van der Waals surface area contributed by atoms with Crippen LogP contribution in [0.1, 0.15) is 11.1 Å². The van der Waals surface area contributed by atoms with Crippen LogP contribution in [-0.4, -0.2) is 56.7 Å². The molecular weight excluding hydrogens is 340 g/mol. The van der Waals surface area contributed by atoms with E-state index in [9.17, 15) is 25.5 Å². The van der Waals surface area contributed by atoms with E-state index in [2.05, 4.69) is 0 Å². The molecule has 0 aromatic heterocycles. The summed E-state index contributed by atoms with van der Waals surface area (Å²) in [5.41, 5.74) is 1.86. The first-order valence-electron chi connectivity index (χ1n) is 8.35. The summed E-state index contributed by atoms with van der Waals surface area (Å²) in [7, 11) is 0. The maximum absolute atomic E-state index is 9.88. The Kier molecular flexibility index (Phi) is 5.63. The van der Waals surface area contributed by atoms with Crippen molar-refractivity contribution >= 4 is 0 Å². The fourth-order valence-corrected chi connectivity index (χ4v) is 2.84. The molecule has 0 unspecified atom stereocenters. The standard InChI is InChI=1S/C19H22O7/c20-13-7-12(8-14(21)9-13)2-1-11-3-5-15(6-4-11)26-19-18(24)17(23)16(22)10-25-19/h3-9,16-24H,1-2,10H2/t16-,17+,18-,19-/m1/s1. The number of hydrogen-bond acceptors (Lipinski definition) is 7. The van der Waals surface area contributed by atoms with Crippen molar-refractivity contribution in [3.63, 3.8) is 0 Å². The minimum absolute atomic E-state index is 0.0297. The van der Waals surface area contributed by atoms with Crippen LogP contribution < -0.4 is 4.74 Å². The molecule has 3 rings (SSSR count). The number of benzene rings is 2. The predicted molar refractivity (Wildman–Crippen MR) is 92.0 cm³/mol. The summed E-state index contributed by atoms with van der Waals surface area (Å²) in [6, 6.07) is 11.7. The average Bonchev–Trinajstić information content (AvgIpc) is 2.61. The van der Waals surface area contributed by atoms with E-state index in [1.54, 1.807) is 24.3 Å². The third-order valence-electron chi connectivity index (χ3n) is 4.29. The lowest BCUT2D eigenvalue weighted by atomic mass is 10.0. The minimum Gasteiger partial charge on any atom is -0.508 e. The molecule has 140 valence electrons. The molecule has 0 bridgehead atoms. The molecule has 4 atom stereocenters. The van der Waals surface area contributed by atoms with E-state index in [0.717, 1.165) is 11.1 Å². The van der Waals surface area contributed by atoms with Crippen molar-refractivity contribution in [2.45, 2.75) is 37.4 Å². The van der Waals surface area contributed by atoms with Gasteiger partial charge in [0, 0.05) is 6.07 Å². The van der Waals surface area contributed by atoms with Gasteiger partial charge in [-0.15, -0.1) is 0 Å². The zero-order chi connectivity index (χ0) is 18.7. The van der Waals surface area contributed by atoms with Gasteiger partial charge in [-0.05, 0) is 48.2 Å². The van der Waals surface area contributed by atoms with Crippen LogP contribution in [0, 0.1) is 0 Å². The predicted octanol–water partition coefficient (Wildman–Crippen LogP) is 0.701. The molecule has 26 heavy (non-hydrogen) atoms. The van der Waals surface area contributed by atoms with Gasteiger partial charge in [0.1, 0.15) is 35.6 Å². The number of phenols is 2. The Morgan fingerprint density at radius 3 is 2.12 bits per heavy atom. The largest absolute Gasteiger partial charge is 0.508 e. The second-order valence-corrected chi connectivity index (χ2v) is 6.37. The number of aliphatic hydroxyl groups is 3. The summed E-state index contributed by atoms with van der Waals surface area (Å²) in [6.45, 7) is -0.113. The van der Waals surface area contributed by atoms with Crippen LogP contribution >= 0.6 is 0 Å². The quantitative estimate of drug-likeness (QED) is 0.531. The van der Waals surface area contributed by atoms with Gasteiger partial charge in [0.25, 0.3) is 0 Å². The van der Waals surface area contributed by atoms with Crippen LogP contribution in [0.2, 0.25) is 0 Å². The summed E-state index contributed by atoms with van der Waals surface area (Å²) in [4.78, 5) is 0. The lowest BCUT2D eigenvalue weighted by Gasteiger charge is -2.34. The Labute approximate surface area is 150 Å². The molecule has 1 saturated heterocycles. The van der Waals surface area contributed by atoms with Gasteiger partial charge in [0.2, 0.25) is 6.29 Å². The van der Waals surface area contributed by atoms with Crippen LogP contribution in [0.5, 0.6) is 17.2 Å². The zero-order valence-corrected chi connectivity index (χ0v) is 14.0. The van der Waals surface area contributed by atoms with Crippen LogP contribution in [0.15, 0.2) is 42.5 Å². The first-order valence-corrected chi connectivity index (χ1v) is 8.35. The Morgan fingerprint density at radius 1 is 0.846 bits per heavy atom. The highest BCUT2D eigenvalue weighted by Crippen LogP contribution is 2.23. The lowest BCUT2D eigenvalue weighted by Crippen LogP contribution is -2.54. The van der Waals surface area contributed by atoms with E-state index in [0.29, 0.717) is 18.6 Å². The third-order valence-corrected chi connectivity index (χ3v) is 4.29. The van der Waals surface area contributed by atoms with E-state index in [4.69, 9.17) is 9.47 Å². The second-order valence-electron chi connectivity index (χ2n) is 6.37. The van der Waals surface area contributed by atoms with Crippen LogP contribution in [-0.2, 0) is 17.6 Å². The highest BCUT2D eigenvalue weighted by atomic mass is 16.7. The number of aliphatic hydroxyl groups excluding tert-OH is 3. The van der Waals surface area contributed by atoms with Gasteiger partial charge in [-0.2, -0.15) is 0 Å². The maximum Gasteiger partial charge on any atom is 0.228 e. The Morgan fingerprint density at radius 2 is 1.46 bits per heavy atom. The molecule has 0 spiro atoms. The smallest absolute Gasteiger partial charge is 0.228 e. The molecule has 1 fully saturated rings. The summed E-state index contributed by atoms with van der Waals surface area (Å²) < 4.78 is 10.7. The van der Waals surface area contributed by atoms with E-state index < -0.39 is 24.6 Å². The number of aromatic hydroxyl groups is 2. The average molecular weight is 362 g/mol. The molecule has 7 nitrogen and oxygen atoms in total. The highest BCUT2D eigenvalue weighted by Gasteiger charge is 2.38. The molecule has 1 aliphatic heterocycles. The Balaban J connectivity index is 1.56.